The first-order valence-corrected chi connectivity index (χ1v) is 9.64. The maximum absolute atomic E-state index is 8.64. The third kappa shape index (κ3) is 7.12. The number of rotatable bonds is 7. The van der Waals surface area contributed by atoms with Gasteiger partial charge < -0.3 is 29.2 Å². The molecule has 6 nitrogen and oxygen atoms in total. The van der Waals surface area contributed by atoms with Crippen LogP contribution in [0.3, 0.4) is 0 Å². The average Bonchev–Trinajstić information content (AvgIpc) is 2.97. The number of hydrogen-bond donors (Lipinski definition) is 2. The molecule has 25 heavy (non-hydrogen) atoms. The maximum atomic E-state index is 8.64. The van der Waals surface area contributed by atoms with E-state index < -0.39 is 0 Å². The SMILES string of the molecule is CC1OCC(OCCO)C(C)C1C.CCC1OCC(OCCO)C1C. The Labute approximate surface area is 152 Å². The van der Waals surface area contributed by atoms with Crippen molar-refractivity contribution in [2.75, 3.05) is 39.6 Å². The molecule has 0 aliphatic carbocycles. The molecule has 2 rings (SSSR count). The quantitative estimate of drug-likeness (QED) is 0.720. The first kappa shape index (κ1) is 22.8. The molecular formula is C19H38O6. The van der Waals surface area contributed by atoms with Crippen LogP contribution in [0.25, 0.3) is 0 Å². The first-order chi connectivity index (χ1) is 12.0. The fourth-order valence-electron chi connectivity index (χ4n) is 3.38. The smallest absolute Gasteiger partial charge is 0.0859 e. The van der Waals surface area contributed by atoms with Gasteiger partial charge in [0.25, 0.3) is 0 Å². The summed E-state index contributed by atoms with van der Waals surface area (Å²) in [6.45, 7) is 13.1. The van der Waals surface area contributed by atoms with Gasteiger partial charge in [-0.3, -0.25) is 0 Å². The lowest BCUT2D eigenvalue weighted by Gasteiger charge is -2.38. The van der Waals surface area contributed by atoms with Crippen LogP contribution < -0.4 is 0 Å². The van der Waals surface area contributed by atoms with Gasteiger partial charge in [0, 0.05) is 5.92 Å². The van der Waals surface area contributed by atoms with Crippen molar-refractivity contribution < 1.29 is 29.2 Å². The largest absolute Gasteiger partial charge is 0.394 e. The van der Waals surface area contributed by atoms with Crippen molar-refractivity contribution in [2.24, 2.45) is 17.8 Å². The Kier molecular flexibility index (Phi) is 11.1. The molecule has 2 aliphatic rings. The van der Waals surface area contributed by atoms with Gasteiger partial charge in [-0.15, -0.1) is 0 Å². The van der Waals surface area contributed by atoms with E-state index in [0.717, 1.165) is 6.42 Å². The highest BCUT2D eigenvalue weighted by Gasteiger charge is 2.33. The van der Waals surface area contributed by atoms with Crippen molar-refractivity contribution in [2.45, 2.75) is 65.5 Å². The van der Waals surface area contributed by atoms with E-state index in [9.17, 15) is 0 Å². The van der Waals surface area contributed by atoms with E-state index in [0.29, 0.717) is 56.4 Å². The normalized spacial score (nSPS) is 38.3. The van der Waals surface area contributed by atoms with E-state index >= 15 is 0 Å². The summed E-state index contributed by atoms with van der Waals surface area (Å²) in [5.74, 6) is 1.49. The highest BCUT2D eigenvalue weighted by molar-refractivity contribution is 4.81. The molecule has 0 aromatic carbocycles. The van der Waals surface area contributed by atoms with Gasteiger partial charge in [0.05, 0.1) is 64.1 Å². The molecule has 2 saturated heterocycles. The summed E-state index contributed by atoms with van der Waals surface area (Å²) in [7, 11) is 0. The summed E-state index contributed by atoms with van der Waals surface area (Å²) in [5.41, 5.74) is 0. The van der Waals surface area contributed by atoms with E-state index in [2.05, 4.69) is 34.6 Å². The minimum Gasteiger partial charge on any atom is -0.394 e. The predicted molar refractivity (Wildman–Crippen MR) is 96.6 cm³/mol. The molecule has 0 aromatic rings. The molecule has 0 saturated carbocycles. The topological polar surface area (TPSA) is 77.4 Å². The van der Waals surface area contributed by atoms with E-state index in [4.69, 9.17) is 29.2 Å². The zero-order valence-corrected chi connectivity index (χ0v) is 16.5. The third-order valence-corrected chi connectivity index (χ3v) is 5.58. The number of ether oxygens (including phenoxy) is 4. The lowest BCUT2D eigenvalue weighted by atomic mass is 9.85. The van der Waals surface area contributed by atoms with Gasteiger partial charge in [0.2, 0.25) is 0 Å². The number of aliphatic hydroxyl groups excluding tert-OH is 2. The Morgan fingerprint density at radius 1 is 0.800 bits per heavy atom. The zero-order valence-electron chi connectivity index (χ0n) is 16.5. The second kappa shape index (κ2) is 12.2. The summed E-state index contributed by atoms with van der Waals surface area (Å²) < 4.78 is 22.0. The Balaban J connectivity index is 0.000000251. The highest BCUT2D eigenvalue weighted by atomic mass is 16.6. The molecule has 2 aliphatic heterocycles. The molecule has 0 amide bonds. The molecule has 0 aromatic heterocycles. The second-order valence-corrected chi connectivity index (χ2v) is 7.16. The molecule has 0 radical (unpaired) electrons. The van der Waals surface area contributed by atoms with Crippen LogP contribution in [0.1, 0.15) is 41.0 Å². The van der Waals surface area contributed by atoms with E-state index in [-0.39, 0.29) is 25.4 Å². The molecule has 2 N–H and O–H groups in total. The fraction of sp³-hybridized carbons (Fsp3) is 1.00. The average molecular weight is 363 g/mol. The second-order valence-electron chi connectivity index (χ2n) is 7.16. The van der Waals surface area contributed by atoms with Crippen molar-refractivity contribution in [3.05, 3.63) is 0 Å². The standard InChI is InChI=1S/C10H20O3.C9H18O3/c1-7-8(2)10(12-5-4-11)6-13-9(7)3;1-3-8-7(2)9(6-12-8)11-5-4-10/h7-11H,4-6H2,1-3H3;7-10H,3-6H2,1-2H3. The number of aliphatic hydroxyl groups is 2. The summed E-state index contributed by atoms with van der Waals surface area (Å²) in [6.07, 6.45) is 2.04. The molecule has 2 fully saturated rings. The Hall–Kier alpha value is -0.240. The molecule has 7 atom stereocenters. The van der Waals surface area contributed by atoms with Crippen LogP contribution in [-0.2, 0) is 18.9 Å². The Bertz CT molecular complexity index is 338. The van der Waals surface area contributed by atoms with Gasteiger partial charge in [-0.2, -0.15) is 0 Å². The van der Waals surface area contributed by atoms with E-state index in [1.54, 1.807) is 0 Å². The van der Waals surface area contributed by atoms with Crippen LogP contribution >= 0.6 is 0 Å². The number of hydrogen-bond acceptors (Lipinski definition) is 6. The van der Waals surface area contributed by atoms with Crippen molar-refractivity contribution >= 4 is 0 Å². The summed E-state index contributed by atoms with van der Waals surface area (Å²) in [5, 5.41) is 17.2. The van der Waals surface area contributed by atoms with Crippen LogP contribution in [-0.4, -0.2) is 74.3 Å². The minimum atomic E-state index is 0.0904. The van der Waals surface area contributed by atoms with Crippen molar-refractivity contribution in [3.8, 4) is 0 Å². The van der Waals surface area contributed by atoms with Gasteiger partial charge >= 0.3 is 0 Å². The van der Waals surface area contributed by atoms with Crippen LogP contribution in [0.4, 0.5) is 0 Å². The summed E-state index contributed by atoms with van der Waals surface area (Å²) >= 11 is 0. The summed E-state index contributed by atoms with van der Waals surface area (Å²) in [6, 6.07) is 0. The lowest BCUT2D eigenvalue weighted by Crippen LogP contribution is -2.43. The van der Waals surface area contributed by atoms with E-state index in [1.165, 1.54) is 0 Å². The zero-order chi connectivity index (χ0) is 18.8. The van der Waals surface area contributed by atoms with Gasteiger partial charge in [-0.05, 0) is 25.2 Å². The van der Waals surface area contributed by atoms with Crippen LogP contribution in [0, 0.1) is 17.8 Å². The Morgan fingerprint density at radius 2 is 1.32 bits per heavy atom. The molecule has 6 heteroatoms. The van der Waals surface area contributed by atoms with Crippen molar-refractivity contribution in [3.63, 3.8) is 0 Å². The van der Waals surface area contributed by atoms with Crippen LogP contribution in [0.5, 0.6) is 0 Å². The van der Waals surface area contributed by atoms with Gasteiger partial charge in [-0.25, -0.2) is 0 Å². The molecule has 7 unspecified atom stereocenters. The maximum Gasteiger partial charge on any atom is 0.0859 e. The lowest BCUT2D eigenvalue weighted by molar-refractivity contribution is -0.137. The van der Waals surface area contributed by atoms with Crippen LogP contribution in [0.15, 0.2) is 0 Å². The minimum absolute atomic E-state index is 0.0904. The van der Waals surface area contributed by atoms with Gasteiger partial charge in [0.15, 0.2) is 0 Å². The molecule has 0 spiro atoms. The molecule has 0 bridgehead atoms. The Morgan fingerprint density at radius 3 is 1.80 bits per heavy atom. The van der Waals surface area contributed by atoms with Crippen molar-refractivity contribution in [1.29, 1.82) is 0 Å². The molecule has 150 valence electrons. The molecular weight excluding hydrogens is 324 g/mol. The fourth-order valence-corrected chi connectivity index (χ4v) is 3.38. The summed E-state index contributed by atoms with van der Waals surface area (Å²) in [4.78, 5) is 0. The molecule has 2 heterocycles. The van der Waals surface area contributed by atoms with Gasteiger partial charge in [-0.1, -0.05) is 27.7 Å². The first-order valence-electron chi connectivity index (χ1n) is 9.64. The van der Waals surface area contributed by atoms with Crippen molar-refractivity contribution in [1.82, 2.24) is 0 Å². The highest BCUT2D eigenvalue weighted by Crippen LogP contribution is 2.28. The monoisotopic (exact) mass is 362 g/mol. The third-order valence-electron chi connectivity index (χ3n) is 5.58. The predicted octanol–water partition coefficient (Wildman–Crippen LogP) is 1.86. The van der Waals surface area contributed by atoms with Gasteiger partial charge in [0.1, 0.15) is 0 Å². The van der Waals surface area contributed by atoms with Crippen LogP contribution in [0.2, 0.25) is 0 Å². The van der Waals surface area contributed by atoms with E-state index in [1.807, 2.05) is 0 Å².